The second kappa shape index (κ2) is 6.49. The number of hydrogen-bond donors (Lipinski definition) is 2. The zero-order valence-corrected chi connectivity index (χ0v) is 11.6. The van der Waals surface area contributed by atoms with Crippen molar-refractivity contribution in [1.82, 2.24) is 15.6 Å². The van der Waals surface area contributed by atoms with Gasteiger partial charge >= 0.3 is 0 Å². The van der Waals surface area contributed by atoms with Gasteiger partial charge in [0.1, 0.15) is 0 Å². The molecule has 104 valence electrons. The molecule has 2 heterocycles. The van der Waals surface area contributed by atoms with Gasteiger partial charge < -0.3 is 10.6 Å². The van der Waals surface area contributed by atoms with Gasteiger partial charge in [0.25, 0.3) is 0 Å². The first-order valence-corrected chi connectivity index (χ1v) is 7.80. The summed E-state index contributed by atoms with van der Waals surface area (Å²) in [6, 6.07) is 7.67. The molecule has 0 spiro atoms. The van der Waals surface area contributed by atoms with Gasteiger partial charge in [-0.2, -0.15) is 0 Å². The molecule has 3 atom stereocenters. The molecule has 1 aliphatic carbocycles. The van der Waals surface area contributed by atoms with Gasteiger partial charge in [0, 0.05) is 36.9 Å². The molecule has 0 aromatic carbocycles. The van der Waals surface area contributed by atoms with E-state index in [0.717, 1.165) is 31.0 Å². The van der Waals surface area contributed by atoms with Crippen LogP contribution in [0, 0.1) is 5.92 Å². The Hall–Kier alpha value is -0.930. The fraction of sp³-hybridized carbons (Fsp3) is 0.688. The summed E-state index contributed by atoms with van der Waals surface area (Å²) in [4.78, 5) is 4.39. The van der Waals surface area contributed by atoms with Gasteiger partial charge in [-0.25, -0.2) is 0 Å². The van der Waals surface area contributed by atoms with Crippen molar-refractivity contribution in [3.8, 4) is 0 Å². The topological polar surface area (TPSA) is 37.0 Å². The molecule has 0 amide bonds. The molecular formula is C16H25N3. The van der Waals surface area contributed by atoms with Crippen LogP contribution >= 0.6 is 0 Å². The van der Waals surface area contributed by atoms with Gasteiger partial charge in [-0.1, -0.05) is 12.5 Å². The van der Waals surface area contributed by atoms with E-state index in [1.807, 2.05) is 12.3 Å². The van der Waals surface area contributed by atoms with E-state index in [4.69, 9.17) is 0 Å². The fourth-order valence-electron chi connectivity index (χ4n) is 3.73. The molecule has 1 aromatic rings. The minimum atomic E-state index is 0.722. The van der Waals surface area contributed by atoms with Crippen LogP contribution < -0.4 is 10.6 Å². The second-order valence-corrected chi connectivity index (χ2v) is 5.93. The highest BCUT2D eigenvalue weighted by Crippen LogP contribution is 2.31. The Morgan fingerprint density at radius 2 is 2.21 bits per heavy atom. The van der Waals surface area contributed by atoms with Crippen LogP contribution in [-0.4, -0.2) is 30.2 Å². The van der Waals surface area contributed by atoms with E-state index < -0.39 is 0 Å². The second-order valence-electron chi connectivity index (χ2n) is 5.93. The van der Waals surface area contributed by atoms with Crippen molar-refractivity contribution in [1.29, 1.82) is 0 Å². The van der Waals surface area contributed by atoms with Crippen LogP contribution in [0.4, 0.5) is 0 Å². The molecule has 1 aromatic heterocycles. The van der Waals surface area contributed by atoms with Crippen molar-refractivity contribution >= 4 is 0 Å². The Morgan fingerprint density at radius 3 is 3.00 bits per heavy atom. The lowest BCUT2D eigenvalue weighted by molar-refractivity contribution is 0.322. The first-order chi connectivity index (χ1) is 9.43. The first kappa shape index (κ1) is 13.1. The monoisotopic (exact) mass is 259 g/mol. The average molecular weight is 259 g/mol. The number of nitrogens with zero attached hydrogens (tertiary/aromatic N) is 1. The molecule has 2 aliphatic rings. The molecule has 1 saturated heterocycles. The molecule has 0 radical (unpaired) electrons. The van der Waals surface area contributed by atoms with E-state index in [-0.39, 0.29) is 0 Å². The molecular weight excluding hydrogens is 234 g/mol. The molecule has 1 aliphatic heterocycles. The number of aromatic nitrogens is 1. The Labute approximate surface area is 116 Å². The maximum absolute atomic E-state index is 4.39. The van der Waals surface area contributed by atoms with Gasteiger partial charge in [-0.3, -0.25) is 4.98 Å². The van der Waals surface area contributed by atoms with Crippen LogP contribution in [0.2, 0.25) is 0 Å². The number of rotatable bonds is 5. The first-order valence-electron chi connectivity index (χ1n) is 7.80. The summed E-state index contributed by atoms with van der Waals surface area (Å²) in [6.45, 7) is 2.28. The fourth-order valence-corrected chi connectivity index (χ4v) is 3.73. The Balaban J connectivity index is 1.46. The zero-order valence-electron chi connectivity index (χ0n) is 11.6. The molecule has 19 heavy (non-hydrogen) atoms. The SMILES string of the molecule is c1ccc(CCNC2CCCC2C2CCCN2)nc1. The van der Waals surface area contributed by atoms with Crippen molar-refractivity contribution in [3.63, 3.8) is 0 Å². The van der Waals surface area contributed by atoms with Crippen LogP contribution in [0.25, 0.3) is 0 Å². The van der Waals surface area contributed by atoms with Crippen LogP contribution in [0.5, 0.6) is 0 Å². The van der Waals surface area contributed by atoms with Crippen molar-refractivity contribution in [2.45, 2.75) is 50.6 Å². The van der Waals surface area contributed by atoms with Crippen molar-refractivity contribution in [3.05, 3.63) is 30.1 Å². The molecule has 0 bridgehead atoms. The lowest BCUT2D eigenvalue weighted by atomic mass is 9.93. The van der Waals surface area contributed by atoms with Crippen molar-refractivity contribution < 1.29 is 0 Å². The molecule has 3 unspecified atom stereocenters. The Bertz CT molecular complexity index is 373. The molecule has 2 fully saturated rings. The predicted octanol–water partition coefficient (Wildman–Crippen LogP) is 2.13. The van der Waals surface area contributed by atoms with Gasteiger partial charge in [0.05, 0.1) is 0 Å². The summed E-state index contributed by atoms with van der Waals surface area (Å²) < 4.78 is 0. The van der Waals surface area contributed by atoms with Gasteiger partial charge in [0.2, 0.25) is 0 Å². The van der Waals surface area contributed by atoms with E-state index in [1.54, 1.807) is 0 Å². The zero-order chi connectivity index (χ0) is 12.9. The summed E-state index contributed by atoms with van der Waals surface area (Å²) >= 11 is 0. The van der Waals surface area contributed by atoms with Gasteiger partial charge in [-0.05, 0) is 50.3 Å². The van der Waals surface area contributed by atoms with Crippen LogP contribution in [-0.2, 0) is 6.42 Å². The molecule has 1 saturated carbocycles. The summed E-state index contributed by atoms with van der Waals surface area (Å²) in [5, 5.41) is 7.46. The maximum Gasteiger partial charge on any atom is 0.0416 e. The van der Waals surface area contributed by atoms with E-state index in [0.29, 0.717) is 0 Å². The van der Waals surface area contributed by atoms with Crippen LogP contribution in [0.3, 0.4) is 0 Å². The number of nitrogens with one attached hydrogen (secondary N) is 2. The van der Waals surface area contributed by atoms with Crippen molar-refractivity contribution in [2.75, 3.05) is 13.1 Å². The lowest BCUT2D eigenvalue weighted by Crippen LogP contribution is -2.42. The highest BCUT2D eigenvalue weighted by Gasteiger charge is 2.34. The minimum absolute atomic E-state index is 0.722. The smallest absolute Gasteiger partial charge is 0.0416 e. The molecule has 3 rings (SSSR count). The van der Waals surface area contributed by atoms with E-state index in [1.165, 1.54) is 44.3 Å². The minimum Gasteiger partial charge on any atom is -0.314 e. The van der Waals surface area contributed by atoms with E-state index in [9.17, 15) is 0 Å². The number of pyridine rings is 1. The molecule has 3 heteroatoms. The third-order valence-electron chi connectivity index (χ3n) is 4.70. The Kier molecular flexibility index (Phi) is 4.46. The van der Waals surface area contributed by atoms with Crippen LogP contribution in [0.15, 0.2) is 24.4 Å². The van der Waals surface area contributed by atoms with Crippen molar-refractivity contribution in [2.24, 2.45) is 5.92 Å². The molecule has 2 N–H and O–H groups in total. The number of hydrogen-bond acceptors (Lipinski definition) is 3. The lowest BCUT2D eigenvalue weighted by Gasteiger charge is -2.26. The normalized spacial score (nSPS) is 30.8. The third-order valence-corrected chi connectivity index (χ3v) is 4.70. The highest BCUT2D eigenvalue weighted by atomic mass is 15.0. The summed E-state index contributed by atoms with van der Waals surface area (Å²) in [5.74, 6) is 0.853. The summed E-state index contributed by atoms with van der Waals surface area (Å²) in [6.07, 6.45) is 9.82. The Morgan fingerprint density at radius 1 is 1.21 bits per heavy atom. The predicted molar refractivity (Wildman–Crippen MR) is 78.1 cm³/mol. The summed E-state index contributed by atoms with van der Waals surface area (Å²) in [5.41, 5.74) is 1.20. The quantitative estimate of drug-likeness (QED) is 0.850. The standard InChI is InChI=1S/C16H25N3/c1-2-10-17-13(5-1)9-12-19-15-7-3-6-14(15)16-8-4-11-18-16/h1-2,5,10,14-16,18-19H,3-4,6-9,11-12H2. The molecule has 3 nitrogen and oxygen atoms in total. The van der Waals surface area contributed by atoms with E-state index in [2.05, 4.69) is 27.8 Å². The van der Waals surface area contributed by atoms with Gasteiger partial charge in [-0.15, -0.1) is 0 Å². The van der Waals surface area contributed by atoms with Gasteiger partial charge in [0.15, 0.2) is 0 Å². The average Bonchev–Trinajstić information content (AvgIpc) is 3.10. The van der Waals surface area contributed by atoms with E-state index >= 15 is 0 Å². The summed E-state index contributed by atoms with van der Waals surface area (Å²) in [7, 11) is 0. The van der Waals surface area contributed by atoms with Crippen LogP contribution in [0.1, 0.15) is 37.8 Å². The third kappa shape index (κ3) is 3.34. The maximum atomic E-state index is 4.39. The highest BCUT2D eigenvalue weighted by molar-refractivity contribution is 5.04. The largest absolute Gasteiger partial charge is 0.314 e.